The zero-order valence-corrected chi connectivity index (χ0v) is 14.9. The van der Waals surface area contributed by atoms with Gasteiger partial charge in [-0.2, -0.15) is 10.1 Å². The molecule has 0 saturated carbocycles. The summed E-state index contributed by atoms with van der Waals surface area (Å²) in [6.45, 7) is 7.00. The van der Waals surface area contributed by atoms with E-state index in [-0.39, 0.29) is 5.95 Å². The monoisotopic (exact) mass is 336 g/mol. The van der Waals surface area contributed by atoms with Crippen molar-refractivity contribution in [1.29, 1.82) is 0 Å². The highest BCUT2D eigenvalue weighted by atomic mass is 15.1. The molecule has 130 valence electrons. The van der Waals surface area contributed by atoms with Gasteiger partial charge in [-0.3, -0.25) is 5.10 Å². The molecule has 0 amide bonds. The highest BCUT2D eigenvalue weighted by Gasteiger charge is 2.08. The van der Waals surface area contributed by atoms with E-state index in [1.54, 1.807) is 0 Å². The van der Waals surface area contributed by atoms with E-state index >= 15 is 0 Å². The summed E-state index contributed by atoms with van der Waals surface area (Å²) < 4.78 is 0. The fraction of sp³-hybridized carbons (Fsp3) is 0.316. The molecule has 25 heavy (non-hydrogen) atoms. The standard InChI is InChI=1S/C19H24N6/c1-12-6-4-8-16(14(12)3)17-11-18(23-19(20)22-17)21-9-5-7-15-10-13(2)24-25-15/h4,6,8,10-11H,5,7,9H2,1-3H3,(H,24,25)(H3,20,21,22,23). The number of rotatable bonds is 6. The number of hydrogen-bond acceptors (Lipinski definition) is 5. The average molecular weight is 336 g/mol. The topological polar surface area (TPSA) is 92.5 Å². The summed E-state index contributed by atoms with van der Waals surface area (Å²) in [4.78, 5) is 8.69. The van der Waals surface area contributed by atoms with Crippen LogP contribution in [0, 0.1) is 20.8 Å². The van der Waals surface area contributed by atoms with Crippen molar-refractivity contribution in [2.24, 2.45) is 0 Å². The predicted octanol–water partition coefficient (Wildman–Crippen LogP) is 3.42. The lowest BCUT2D eigenvalue weighted by molar-refractivity contribution is 0.823. The second-order valence-electron chi connectivity index (χ2n) is 6.32. The molecule has 0 radical (unpaired) electrons. The van der Waals surface area contributed by atoms with Gasteiger partial charge in [-0.1, -0.05) is 18.2 Å². The number of benzene rings is 1. The molecule has 0 spiro atoms. The van der Waals surface area contributed by atoms with Gasteiger partial charge in [0.15, 0.2) is 0 Å². The Balaban J connectivity index is 1.68. The van der Waals surface area contributed by atoms with Crippen LogP contribution in [0.25, 0.3) is 11.3 Å². The van der Waals surface area contributed by atoms with Crippen molar-refractivity contribution in [3.63, 3.8) is 0 Å². The lowest BCUT2D eigenvalue weighted by atomic mass is 10.0. The molecule has 0 atom stereocenters. The Hall–Kier alpha value is -2.89. The number of aromatic amines is 1. The third-order valence-corrected chi connectivity index (χ3v) is 4.30. The zero-order valence-electron chi connectivity index (χ0n) is 14.9. The third-order valence-electron chi connectivity index (χ3n) is 4.30. The van der Waals surface area contributed by atoms with Gasteiger partial charge in [0.1, 0.15) is 5.82 Å². The minimum absolute atomic E-state index is 0.281. The molecule has 6 nitrogen and oxygen atoms in total. The molecule has 4 N–H and O–H groups in total. The Morgan fingerprint density at radius 2 is 1.96 bits per heavy atom. The Kier molecular flexibility index (Phi) is 4.97. The van der Waals surface area contributed by atoms with E-state index in [0.717, 1.165) is 47.8 Å². The summed E-state index contributed by atoms with van der Waals surface area (Å²) in [6, 6.07) is 10.2. The van der Waals surface area contributed by atoms with Crippen molar-refractivity contribution in [3.05, 3.63) is 52.8 Å². The molecule has 3 rings (SSSR count). The maximum absolute atomic E-state index is 5.91. The van der Waals surface area contributed by atoms with Crippen LogP contribution in [0.1, 0.15) is 28.9 Å². The second-order valence-corrected chi connectivity index (χ2v) is 6.32. The van der Waals surface area contributed by atoms with E-state index in [1.807, 2.05) is 19.1 Å². The van der Waals surface area contributed by atoms with E-state index in [4.69, 9.17) is 5.73 Å². The minimum Gasteiger partial charge on any atom is -0.370 e. The molecule has 2 heterocycles. The van der Waals surface area contributed by atoms with Crippen LogP contribution in [-0.2, 0) is 6.42 Å². The maximum Gasteiger partial charge on any atom is 0.222 e. The Morgan fingerprint density at radius 3 is 2.72 bits per heavy atom. The number of nitrogens with zero attached hydrogens (tertiary/aromatic N) is 3. The highest BCUT2D eigenvalue weighted by Crippen LogP contribution is 2.26. The Labute approximate surface area is 147 Å². The van der Waals surface area contributed by atoms with Gasteiger partial charge in [-0.05, 0) is 50.8 Å². The lowest BCUT2D eigenvalue weighted by Gasteiger charge is -2.11. The zero-order chi connectivity index (χ0) is 17.8. The van der Waals surface area contributed by atoms with Gasteiger partial charge in [0.2, 0.25) is 5.95 Å². The van der Waals surface area contributed by atoms with Crippen molar-refractivity contribution in [1.82, 2.24) is 20.2 Å². The number of aromatic nitrogens is 4. The van der Waals surface area contributed by atoms with Crippen molar-refractivity contribution < 1.29 is 0 Å². The molecule has 0 aliphatic rings. The smallest absolute Gasteiger partial charge is 0.222 e. The molecule has 0 bridgehead atoms. The number of aryl methyl sites for hydroxylation is 3. The normalized spacial score (nSPS) is 10.8. The fourth-order valence-corrected chi connectivity index (χ4v) is 2.81. The van der Waals surface area contributed by atoms with Crippen molar-refractivity contribution >= 4 is 11.8 Å². The van der Waals surface area contributed by atoms with Crippen LogP contribution in [0.3, 0.4) is 0 Å². The van der Waals surface area contributed by atoms with Crippen LogP contribution in [-0.4, -0.2) is 26.7 Å². The van der Waals surface area contributed by atoms with E-state index in [0.29, 0.717) is 0 Å². The summed E-state index contributed by atoms with van der Waals surface area (Å²) in [6.07, 6.45) is 1.88. The average Bonchev–Trinajstić information content (AvgIpc) is 2.99. The first-order valence-corrected chi connectivity index (χ1v) is 8.49. The van der Waals surface area contributed by atoms with Crippen LogP contribution in [0.15, 0.2) is 30.3 Å². The first-order valence-electron chi connectivity index (χ1n) is 8.49. The van der Waals surface area contributed by atoms with E-state index in [1.165, 1.54) is 11.1 Å². The molecule has 6 heteroatoms. The molecule has 0 fully saturated rings. The second kappa shape index (κ2) is 7.34. The van der Waals surface area contributed by atoms with Gasteiger partial charge in [-0.25, -0.2) is 4.98 Å². The third kappa shape index (κ3) is 4.15. The van der Waals surface area contributed by atoms with Crippen LogP contribution in [0.4, 0.5) is 11.8 Å². The van der Waals surface area contributed by atoms with Crippen LogP contribution < -0.4 is 11.1 Å². The molecular weight excluding hydrogens is 312 g/mol. The van der Waals surface area contributed by atoms with Gasteiger partial charge in [0, 0.05) is 23.9 Å². The molecule has 1 aromatic carbocycles. The van der Waals surface area contributed by atoms with E-state index < -0.39 is 0 Å². The van der Waals surface area contributed by atoms with E-state index in [9.17, 15) is 0 Å². The lowest BCUT2D eigenvalue weighted by Crippen LogP contribution is -2.07. The number of H-pyrrole nitrogens is 1. The number of hydrogen-bond donors (Lipinski definition) is 3. The first-order chi connectivity index (χ1) is 12.0. The molecule has 0 aliphatic heterocycles. The van der Waals surface area contributed by atoms with Gasteiger partial charge in [-0.15, -0.1) is 0 Å². The molecular formula is C19H24N6. The molecule has 0 unspecified atom stereocenters. The summed E-state index contributed by atoms with van der Waals surface area (Å²) in [5.41, 5.74) is 12.5. The van der Waals surface area contributed by atoms with Crippen molar-refractivity contribution in [2.45, 2.75) is 33.6 Å². The number of anilines is 2. The number of nitrogen functional groups attached to an aromatic ring is 1. The summed E-state index contributed by atoms with van der Waals surface area (Å²) in [7, 11) is 0. The molecule has 3 aromatic rings. The fourth-order valence-electron chi connectivity index (χ4n) is 2.81. The van der Waals surface area contributed by atoms with Gasteiger partial charge >= 0.3 is 0 Å². The number of nitrogens with one attached hydrogen (secondary N) is 2. The first kappa shape index (κ1) is 17.0. The SMILES string of the molecule is Cc1cc(CCCNc2cc(-c3cccc(C)c3C)nc(N)n2)n[nH]1. The largest absolute Gasteiger partial charge is 0.370 e. The van der Waals surface area contributed by atoms with Crippen molar-refractivity contribution in [3.8, 4) is 11.3 Å². The highest BCUT2D eigenvalue weighted by molar-refractivity contribution is 5.68. The molecule has 0 saturated heterocycles. The van der Waals surface area contributed by atoms with E-state index in [2.05, 4.69) is 57.5 Å². The maximum atomic E-state index is 5.91. The Morgan fingerprint density at radius 1 is 1.12 bits per heavy atom. The van der Waals surface area contributed by atoms with Gasteiger partial charge in [0.25, 0.3) is 0 Å². The van der Waals surface area contributed by atoms with Crippen molar-refractivity contribution in [2.75, 3.05) is 17.6 Å². The molecule has 0 aliphatic carbocycles. The summed E-state index contributed by atoms with van der Waals surface area (Å²) in [5.74, 6) is 1.03. The van der Waals surface area contributed by atoms with Crippen LogP contribution in [0.5, 0.6) is 0 Å². The molecule has 2 aromatic heterocycles. The Bertz CT molecular complexity index is 868. The van der Waals surface area contributed by atoms with Gasteiger partial charge in [0.05, 0.1) is 11.4 Å². The van der Waals surface area contributed by atoms with Crippen LogP contribution >= 0.6 is 0 Å². The van der Waals surface area contributed by atoms with Crippen LogP contribution in [0.2, 0.25) is 0 Å². The van der Waals surface area contributed by atoms with Gasteiger partial charge < -0.3 is 11.1 Å². The minimum atomic E-state index is 0.281. The summed E-state index contributed by atoms with van der Waals surface area (Å²) >= 11 is 0. The quantitative estimate of drug-likeness (QED) is 0.600. The number of nitrogens with two attached hydrogens (primary N) is 1. The predicted molar refractivity (Wildman–Crippen MR) is 101 cm³/mol. The summed E-state index contributed by atoms with van der Waals surface area (Å²) in [5, 5.41) is 10.5.